The van der Waals surface area contributed by atoms with E-state index in [9.17, 15) is 4.79 Å². The zero-order valence-corrected chi connectivity index (χ0v) is 7.32. The SMILES string of the molecule is Cc1cccc(CN(C)C=O)n1. The highest BCUT2D eigenvalue weighted by atomic mass is 16.1. The summed E-state index contributed by atoms with van der Waals surface area (Å²) in [6.45, 7) is 2.51. The van der Waals surface area contributed by atoms with E-state index >= 15 is 0 Å². The molecule has 12 heavy (non-hydrogen) atoms. The van der Waals surface area contributed by atoms with E-state index in [0.29, 0.717) is 6.54 Å². The molecule has 0 saturated heterocycles. The summed E-state index contributed by atoms with van der Waals surface area (Å²) >= 11 is 0. The van der Waals surface area contributed by atoms with Crippen molar-refractivity contribution in [3.05, 3.63) is 29.6 Å². The fraction of sp³-hybridized carbons (Fsp3) is 0.333. The van der Waals surface area contributed by atoms with Gasteiger partial charge in [0.25, 0.3) is 0 Å². The number of aryl methyl sites for hydroxylation is 1. The first-order valence-corrected chi connectivity index (χ1v) is 3.80. The fourth-order valence-electron chi connectivity index (χ4n) is 0.980. The predicted molar refractivity (Wildman–Crippen MR) is 46.5 cm³/mol. The van der Waals surface area contributed by atoms with Crippen molar-refractivity contribution in [1.82, 2.24) is 9.88 Å². The van der Waals surface area contributed by atoms with Gasteiger partial charge in [0, 0.05) is 12.7 Å². The molecular formula is C9H12N2O. The molecule has 3 nitrogen and oxygen atoms in total. The maximum absolute atomic E-state index is 10.3. The Labute approximate surface area is 72.0 Å². The smallest absolute Gasteiger partial charge is 0.209 e. The molecule has 0 aliphatic carbocycles. The van der Waals surface area contributed by atoms with Crippen LogP contribution < -0.4 is 0 Å². The number of nitrogens with zero attached hydrogens (tertiary/aromatic N) is 2. The number of hydrogen-bond donors (Lipinski definition) is 0. The van der Waals surface area contributed by atoms with E-state index in [-0.39, 0.29) is 0 Å². The van der Waals surface area contributed by atoms with E-state index in [1.807, 2.05) is 25.1 Å². The molecule has 0 N–H and O–H groups in total. The Kier molecular flexibility index (Phi) is 2.80. The molecule has 3 heteroatoms. The van der Waals surface area contributed by atoms with Gasteiger partial charge < -0.3 is 4.90 Å². The average Bonchev–Trinajstić information content (AvgIpc) is 2.04. The zero-order chi connectivity index (χ0) is 8.97. The second kappa shape index (κ2) is 3.85. The molecule has 0 bridgehead atoms. The van der Waals surface area contributed by atoms with Gasteiger partial charge in [-0.1, -0.05) is 6.07 Å². The Bertz CT molecular complexity index is 273. The Morgan fingerprint density at radius 2 is 2.33 bits per heavy atom. The lowest BCUT2D eigenvalue weighted by atomic mass is 10.3. The van der Waals surface area contributed by atoms with Gasteiger partial charge in [-0.25, -0.2) is 0 Å². The van der Waals surface area contributed by atoms with Crippen LogP contribution in [0.4, 0.5) is 0 Å². The van der Waals surface area contributed by atoms with Crippen LogP contribution in [-0.2, 0) is 11.3 Å². The fourth-order valence-corrected chi connectivity index (χ4v) is 0.980. The maximum Gasteiger partial charge on any atom is 0.209 e. The van der Waals surface area contributed by atoms with Gasteiger partial charge in [-0.2, -0.15) is 0 Å². The molecule has 0 aromatic carbocycles. The minimum absolute atomic E-state index is 0.575. The molecule has 0 fully saturated rings. The van der Waals surface area contributed by atoms with Gasteiger partial charge in [0.1, 0.15) is 0 Å². The summed E-state index contributed by atoms with van der Waals surface area (Å²) in [5, 5.41) is 0. The molecule has 1 amide bonds. The van der Waals surface area contributed by atoms with Gasteiger partial charge in [0.2, 0.25) is 6.41 Å². The van der Waals surface area contributed by atoms with Crippen LogP contribution in [-0.4, -0.2) is 23.3 Å². The summed E-state index contributed by atoms with van der Waals surface area (Å²) in [5.74, 6) is 0. The Morgan fingerprint density at radius 1 is 1.58 bits per heavy atom. The number of hydrogen-bond acceptors (Lipinski definition) is 2. The largest absolute Gasteiger partial charge is 0.342 e. The van der Waals surface area contributed by atoms with Gasteiger partial charge in [-0.05, 0) is 19.1 Å². The number of aromatic nitrogens is 1. The lowest BCUT2D eigenvalue weighted by molar-refractivity contribution is -0.117. The van der Waals surface area contributed by atoms with Gasteiger partial charge in [0.05, 0.1) is 12.2 Å². The molecule has 0 unspecified atom stereocenters. The Balaban J connectivity index is 2.69. The van der Waals surface area contributed by atoms with Crippen molar-refractivity contribution in [3.8, 4) is 0 Å². The van der Waals surface area contributed by atoms with Crippen LogP contribution in [0.3, 0.4) is 0 Å². The monoisotopic (exact) mass is 164 g/mol. The summed E-state index contributed by atoms with van der Waals surface area (Å²) in [7, 11) is 1.73. The summed E-state index contributed by atoms with van der Waals surface area (Å²) < 4.78 is 0. The molecule has 1 rings (SSSR count). The van der Waals surface area contributed by atoms with E-state index in [1.165, 1.54) is 0 Å². The normalized spacial score (nSPS) is 9.50. The van der Waals surface area contributed by atoms with Crippen LogP contribution in [0.1, 0.15) is 11.4 Å². The molecule has 0 saturated carbocycles. The van der Waals surface area contributed by atoms with Crippen molar-refractivity contribution in [2.24, 2.45) is 0 Å². The van der Waals surface area contributed by atoms with E-state index in [4.69, 9.17) is 0 Å². The lowest BCUT2D eigenvalue weighted by Crippen LogP contribution is -2.15. The minimum Gasteiger partial charge on any atom is -0.342 e. The molecular weight excluding hydrogens is 152 g/mol. The summed E-state index contributed by atoms with van der Waals surface area (Å²) in [4.78, 5) is 16.1. The molecule has 1 heterocycles. The first-order valence-electron chi connectivity index (χ1n) is 3.80. The van der Waals surface area contributed by atoms with Crippen LogP contribution in [0.2, 0.25) is 0 Å². The third-order valence-corrected chi connectivity index (χ3v) is 1.54. The van der Waals surface area contributed by atoms with Crippen molar-refractivity contribution < 1.29 is 4.79 Å². The van der Waals surface area contributed by atoms with Gasteiger partial charge in [-0.3, -0.25) is 9.78 Å². The Morgan fingerprint density at radius 3 is 2.92 bits per heavy atom. The molecule has 0 spiro atoms. The van der Waals surface area contributed by atoms with Crippen molar-refractivity contribution >= 4 is 6.41 Å². The number of pyridine rings is 1. The highest BCUT2D eigenvalue weighted by molar-refractivity contribution is 5.46. The topological polar surface area (TPSA) is 33.2 Å². The van der Waals surface area contributed by atoms with Crippen molar-refractivity contribution in [1.29, 1.82) is 0 Å². The third-order valence-electron chi connectivity index (χ3n) is 1.54. The van der Waals surface area contributed by atoms with Crippen LogP contribution in [0.25, 0.3) is 0 Å². The summed E-state index contributed by atoms with van der Waals surface area (Å²) in [6.07, 6.45) is 0.796. The molecule has 0 atom stereocenters. The zero-order valence-electron chi connectivity index (χ0n) is 7.32. The van der Waals surface area contributed by atoms with Gasteiger partial charge in [0.15, 0.2) is 0 Å². The predicted octanol–water partition coefficient (Wildman–Crippen LogP) is 0.978. The maximum atomic E-state index is 10.3. The highest BCUT2D eigenvalue weighted by Crippen LogP contribution is 1.99. The van der Waals surface area contributed by atoms with Crippen LogP contribution >= 0.6 is 0 Å². The Hall–Kier alpha value is -1.38. The molecule has 1 aromatic heterocycles. The molecule has 0 aliphatic heterocycles. The average molecular weight is 164 g/mol. The lowest BCUT2D eigenvalue weighted by Gasteiger charge is -2.09. The summed E-state index contributed by atoms with van der Waals surface area (Å²) in [6, 6.07) is 5.79. The van der Waals surface area contributed by atoms with Crippen LogP contribution in [0.15, 0.2) is 18.2 Å². The first-order chi connectivity index (χ1) is 5.72. The van der Waals surface area contributed by atoms with Gasteiger partial charge in [-0.15, -0.1) is 0 Å². The molecule has 1 aromatic rings. The second-order valence-electron chi connectivity index (χ2n) is 2.79. The van der Waals surface area contributed by atoms with Crippen LogP contribution in [0.5, 0.6) is 0 Å². The molecule has 0 aliphatic rings. The number of rotatable bonds is 3. The van der Waals surface area contributed by atoms with Crippen molar-refractivity contribution in [3.63, 3.8) is 0 Å². The quantitative estimate of drug-likeness (QED) is 0.624. The van der Waals surface area contributed by atoms with E-state index in [2.05, 4.69) is 4.98 Å². The molecule has 0 radical (unpaired) electrons. The second-order valence-corrected chi connectivity index (χ2v) is 2.79. The van der Waals surface area contributed by atoms with Crippen molar-refractivity contribution in [2.75, 3.05) is 7.05 Å². The first kappa shape index (κ1) is 8.71. The van der Waals surface area contributed by atoms with E-state index < -0.39 is 0 Å². The van der Waals surface area contributed by atoms with E-state index in [0.717, 1.165) is 17.8 Å². The van der Waals surface area contributed by atoms with E-state index in [1.54, 1.807) is 11.9 Å². The minimum atomic E-state index is 0.575. The highest BCUT2D eigenvalue weighted by Gasteiger charge is 1.97. The van der Waals surface area contributed by atoms with Gasteiger partial charge >= 0.3 is 0 Å². The molecule has 64 valence electrons. The number of amides is 1. The van der Waals surface area contributed by atoms with Crippen LogP contribution in [0, 0.1) is 6.92 Å². The van der Waals surface area contributed by atoms with Crippen molar-refractivity contribution in [2.45, 2.75) is 13.5 Å². The number of carbonyl (C=O) groups is 1. The standard InChI is InChI=1S/C9H12N2O/c1-8-4-3-5-9(10-8)6-11(2)7-12/h3-5,7H,6H2,1-2H3. The third kappa shape index (κ3) is 2.34. The number of carbonyl (C=O) groups excluding carboxylic acids is 1. The summed E-state index contributed by atoms with van der Waals surface area (Å²) in [5.41, 5.74) is 1.90.